The van der Waals surface area contributed by atoms with Crippen molar-refractivity contribution in [2.24, 2.45) is 7.05 Å². The second-order valence-corrected chi connectivity index (χ2v) is 8.01. The molecule has 21 heavy (non-hydrogen) atoms. The van der Waals surface area contributed by atoms with E-state index in [1.807, 2.05) is 4.68 Å². The Morgan fingerprint density at radius 3 is 2.67 bits per heavy atom. The van der Waals surface area contributed by atoms with Crippen LogP contribution in [0.2, 0.25) is 0 Å². The number of nitrogens with one attached hydrogen (secondary N) is 1. The van der Waals surface area contributed by atoms with Crippen molar-refractivity contribution in [2.75, 3.05) is 12.3 Å². The summed E-state index contributed by atoms with van der Waals surface area (Å²) in [6.07, 6.45) is 7.72. The maximum Gasteiger partial charge on any atom is 0.0766 e. The molecule has 2 rings (SSSR count). The van der Waals surface area contributed by atoms with Gasteiger partial charge in [0.05, 0.1) is 15.9 Å². The van der Waals surface area contributed by atoms with Crippen LogP contribution in [0.15, 0.2) is 4.47 Å². The van der Waals surface area contributed by atoms with Gasteiger partial charge in [0.1, 0.15) is 0 Å². The summed E-state index contributed by atoms with van der Waals surface area (Å²) in [4.78, 5) is 0. The van der Waals surface area contributed by atoms with Crippen LogP contribution in [0.4, 0.5) is 0 Å². The Morgan fingerprint density at radius 2 is 2.10 bits per heavy atom. The van der Waals surface area contributed by atoms with Crippen molar-refractivity contribution in [3.05, 3.63) is 15.9 Å². The van der Waals surface area contributed by atoms with E-state index < -0.39 is 0 Å². The molecule has 120 valence electrons. The molecule has 1 N–H and O–H groups in total. The maximum absolute atomic E-state index is 4.61. The summed E-state index contributed by atoms with van der Waals surface area (Å²) < 4.78 is 3.26. The van der Waals surface area contributed by atoms with E-state index in [4.69, 9.17) is 0 Å². The van der Waals surface area contributed by atoms with Crippen molar-refractivity contribution < 1.29 is 0 Å². The molecule has 1 fully saturated rings. The normalized spacial score (nSPS) is 17.5. The minimum atomic E-state index is 0.539. The topological polar surface area (TPSA) is 29.9 Å². The zero-order valence-electron chi connectivity index (χ0n) is 13.5. The molecule has 0 aliphatic heterocycles. The third kappa shape index (κ3) is 4.73. The first kappa shape index (κ1) is 17.4. The number of aryl methyl sites for hydroxylation is 2. The Balaban J connectivity index is 1.96. The highest BCUT2D eigenvalue weighted by atomic mass is 79.9. The number of thioether (sulfide) groups is 1. The summed E-state index contributed by atoms with van der Waals surface area (Å²) in [7, 11) is 2.06. The van der Waals surface area contributed by atoms with E-state index >= 15 is 0 Å². The first-order valence-corrected chi connectivity index (χ1v) is 10.0. The molecule has 1 unspecified atom stereocenters. The van der Waals surface area contributed by atoms with Crippen molar-refractivity contribution >= 4 is 27.7 Å². The van der Waals surface area contributed by atoms with Crippen LogP contribution in [0.1, 0.15) is 50.9 Å². The van der Waals surface area contributed by atoms with E-state index in [-0.39, 0.29) is 0 Å². The van der Waals surface area contributed by atoms with Gasteiger partial charge in [-0.2, -0.15) is 16.9 Å². The summed E-state index contributed by atoms with van der Waals surface area (Å²) in [5.41, 5.74) is 2.50. The van der Waals surface area contributed by atoms with Crippen molar-refractivity contribution in [3.63, 3.8) is 0 Å². The first-order chi connectivity index (χ1) is 10.2. The Labute approximate surface area is 141 Å². The lowest BCUT2D eigenvalue weighted by Crippen LogP contribution is -2.34. The predicted octanol–water partition coefficient (Wildman–Crippen LogP) is 3.94. The van der Waals surface area contributed by atoms with Gasteiger partial charge < -0.3 is 5.32 Å². The summed E-state index contributed by atoms with van der Waals surface area (Å²) in [6.45, 7) is 5.39. The summed E-state index contributed by atoms with van der Waals surface area (Å²) in [6, 6.07) is 0.539. The predicted molar refractivity (Wildman–Crippen MR) is 96.2 cm³/mol. The summed E-state index contributed by atoms with van der Waals surface area (Å²) >= 11 is 5.91. The number of nitrogens with zero attached hydrogens (tertiary/aromatic N) is 2. The minimum absolute atomic E-state index is 0.539. The standard InChI is InChI=1S/C16H28BrN3S/c1-4-14-16(17)15(20(3)19-14)10-12(18-5-2)11-21-13-8-6-7-9-13/h12-13,18H,4-11H2,1-3H3. The van der Waals surface area contributed by atoms with Crippen LogP contribution in [-0.4, -0.2) is 33.4 Å². The zero-order valence-corrected chi connectivity index (χ0v) is 15.9. The monoisotopic (exact) mass is 373 g/mol. The highest BCUT2D eigenvalue weighted by Crippen LogP contribution is 2.30. The van der Waals surface area contributed by atoms with Crippen LogP contribution in [0.5, 0.6) is 0 Å². The molecule has 0 aromatic carbocycles. The van der Waals surface area contributed by atoms with Crippen LogP contribution in [-0.2, 0) is 19.9 Å². The van der Waals surface area contributed by atoms with E-state index in [1.54, 1.807) is 0 Å². The number of halogens is 1. The van der Waals surface area contributed by atoms with E-state index in [1.165, 1.54) is 47.3 Å². The van der Waals surface area contributed by atoms with E-state index in [9.17, 15) is 0 Å². The quantitative estimate of drug-likeness (QED) is 0.748. The molecule has 1 aromatic heterocycles. The van der Waals surface area contributed by atoms with Gasteiger partial charge in [0, 0.05) is 30.5 Å². The third-order valence-electron chi connectivity index (χ3n) is 4.27. The largest absolute Gasteiger partial charge is 0.313 e. The Morgan fingerprint density at radius 1 is 1.38 bits per heavy atom. The van der Waals surface area contributed by atoms with Crippen molar-refractivity contribution in [3.8, 4) is 0 Å². The van der Waals surface area contributed by atoms with Crippen LogP contribution in [0, 0.1) is 0 Å². The molecule has 3 nitrogen and oxygen atoms in total. The highest BCUT2D eigenvalue weighted by Gasteiger charge is 2.20. The fourth-order valence-electron chi connectivity index (χ4n) is 3.06. The van der Waals surface area contributed by atoms with Crippen LogP contribution in [0.3, 0.4) is 0 Å². The number of rotatable bonds is 8. The second-order valence-electron chi connectivity index (χ2n) is 5.88. The van der Waals surface area contributed by atoms with Gasteiger partial charge in [0.25, 0.3) is 0 Å². The van der Waals surface area contributed by atoms with Crippen molar-refractivity contribution in [1.82, 2.24) is 15.1 Å². The molecule has 0 bridgehead atoms. The molecule has 1 heterocycles. The van der Waals surface area contributed by atoms with Crippen LogP contribution in [0.25, 0.3) is 0 Å². The van der Waals surface area contributed by atoms with Gasteiger partial charge in [-0.3, -0.25) is 4.68 Å². The smallest absolute Gasteiger partial charge is 0.0766 e. The fraction of sp³-hybridized carbons (Fsp3) is 0.812. The van der Waals surface area contributed by atoms with Crippen molar-refractivity contribution in [2.45, 2.75) is 63.7 Å². The maximum atomic E-state index is 4.61. The molecule has 0 amide bonds. The molecule has 1 atom stereocenters. The van der Waals surface area contributed by atoms with Crippen LogP contribution < -0.4 is 5.32 Å². The lowest BCUT2D eigenvalue weighted by atomic mass is 10.1. The van der Waals surface area contributed by atoms with Gasteiger partial charge in [-0.25, -0.2) is 0 Å². The van der Waals surface area contributed by atoms with Gasteiger partial charge in [-0.15, -0.1) is 0 Å². The van der Waals surface area contributed by atoms with Gasteiger partial charge in [-0.05, 0) is 41.7 Å². The lowest BCUT2D eigenvalue weighted by molar-refractivity contribution is 0.547. The Bertz CT molecular complexity index is 441. The molecule has 0 saturated heterocycles. The lowest BCUT2D eigenvalue weighted by Gasteiger charge is -2.20. The SMILES string of the molecule is CCNC(CSC1CCCC1)Cc1c(Br)c(CC)nn1C. The second kappa shape index (κ2) is 8.59. The fourth-order valence-corrected chi connectivity index (χ4v) is 5.25. The minimum Gasteiger partial charge on any atom is -0.313 e. The van der Waals surface area contributed by atoms with E-state index in [0.717, 1.165) is 24.6 Å². The van der Waals surface area contributed by atoms with Crippen LogP contribution >= 0.6 is 27.7 Å². The van der Waals surface area contributed by atoms with Gasteiger partial charge in [0.15, 0.2) is 0 Å². The van der Waals surface area contributed by atoms with E-state index in [2.05, 4.69) is 59.0 Å². The molecule has 1 saturated carbocycles. The first-order valence-electron chi connectivity index (χ1n) is 8.20. The number of aromatic nitrogens is 2. The average Bonchev–Trinajstić information content (AvgIpc) is 3.07. The Kier molecular flexibility index (Phi) is 7.10. The number of hydrogen-bond donors (Lipinski definition) is 1. The molecule has 0 spiro atoms. The molecule has 5 heteroatoms. The molecule has 1 aromatic rings. The van der Waals surface area contributed by atoms with Crippen molar-refractivity contribution in [1.29, 1.82) is 0 Å². The van der Waals surface area contributed by atoms with Gasteiger partial charge >= 0.3 is 0 Å². The molecular formula is C16H28BrN3S. The summed E-state index contributed by atoms with van der Waals surface area (Å²) in [5, 5.41) is 9.16. The van der Waals surface area contributed by atoms with Gasteiger partial charge in [-0.1, -0.05) is 26.7 Å². The highest BCUT2D eigenvalue weighted by molar-refractivity contribution is 9.10. The zero-order chi connectivity index (χ0) is 15.2. The molecule has 1 aliphatic rings. The number of likely N-dealkylation sites (N-methyl/N-ethyl adjacent to an activating group) is 1. The Hall–Kier alpha value is 0. The molecular weight excluding hydrogens is 346 g/mol. The summed E-state index contributed by atoms with van der Waals surface area (Å²) in [5.74, 6) is 1.21. The molecule has 1 aliphatic carbocycles. The third-order valence-corrected chi connectivity index (χ3v) is 6.72. The average molecular weight is 374 g/mol. The van der Waals surface area contributed by atoms with E-state index in [0.29, 0.717) is 6.04 Å². The number of hydrogen-bond acceptors (Lipinski definition) is 3. The van der Waals surface area contributed by atoms with Gasteiger partial charge in [0.2, 0.25) is 0 Å². The molecule has 0 radical (unpaired) electrons.